The van der Waals surface area contributed by atoms with Gasteiger partial charge in [-0.05, 0) is 98.5 Å². The van der Waals surface area contributed by atoms with Gasteiger partial charge in [-0.25, -0.2) is 0 Å². The number of allylic oxidation sites excluding steroid dienone is 2. The molecule has 0 unspecified atom stereocenters. The molecule has 7 heteroatoms. The SMILES string of the molecule is CC(=O)[C@@H]1CC[C@@H]2[C@@H]3CCC4=C/C(=N\OCC(=O)NC[C@H](CC(=O)O)c5ccccc5)CC[C@]4(C)[C@H]3CC[C@@]21C. The number of nitrogens with one attached hydrogen (secondary N) is 1. The van der Waals surface area contributed by atoms with Crippen molar-refractivity contribution in [3.8, 4) is 0 Å². The van der Waals surface area contributed by atoms with Gasteiger partial charge in [0.2, 0.25) is 0 Å². The van der Waals surface area contributed by atoms with Gasteiger partial charge in [0.1, 0.15) is 5.78 Å². The number of ketones is 1. The van der Waals surface area contributed by atoms with Crippen LogP contribution in [0, 0.1) is 34.5 Å². The molecule has 3 saturated carbocycles. The Morgan fingerprint density at radius 1 is 1.05 bits per heavy atom. The van der Waals surface area contributed by atoms with E-state index in [1.165, 1.54) is 24.8 Å². The number of carboxylic acid groups (broad SMARTS) is 1. The summed E-state index contributed by atoms with van der Waals surface area (Å²) in [6, 6.07) is 9.37. The molecule has 4 aliphatic rings. The molecule has 3 fully saturated rings. The molecular formula is C33H44N2O5. The fourth-order valence-corrected chi connectivity index (χ4v) is 9.02. The number of carbonyl (C=O) groups is 3. The van der Waals surface area contributed by atoms with Crippen molar-refractivity contribution >= 4 is 23.4 Å². The number of nitrogens with zero attached hydrogens (tertiary/aromatic N) is 1. The van der Waals surface area contributed by atoms with Gasteiger partial charge in [0.05, 0.1) is 12.1 Å². The summed E-state index contributed by atoms with van der Waals surface area (Å²) in [6.07, 6.45) is 10.9. The summed E-state index contributed by atoms with van der Waals surface area (Å²) in [7, 11) is 0. The molecule has 0 aliphatic heterocycles. The number of Topliss-reactive ketones (excluding diaryl/α,β-unsaturated/α-hetero) is 1. The molecule has 0 radical (unpaired) electrons. The minimum Gasteiger partial charge on any atom is -0.481 e. The first-order valence-corrected chi connectivity index (χ1v) is 15.1. The van der Waals surface area contributed by atoms with Crippen molar-refractivity contribution in [1.29, 1.82) is 0 Å². The molecule has 7 nitrogen and oxygen atoms in total. The predicted octanol–water partition coefficient (Wildman–Crippen LogP) is 5.90. The summed E-state index contributed by atoms with van der Waals surface area (Å²) in [6.45, 7) is 6.67. The van der Waals surface area contributed by atoms with E-state index in [0.717, 1.165) is 43.4 Å². The second-order valence-electron chi connectivity index (χ2n) is 13.2. The van der Waals surface area contributed by atoms with Crippen molar-refractivity contribution in [1.82, 2.24) is 5.32 Å². The van der Waals surface area contributed by atoms with Crippen LogP contribution in [0.1, 0.15) is 90.0 Å². The Hall–Kier alpha value is -2.96. The van der Waals surface area contributed by atoms with Crippen molar-refractivity contribution in [2.24, 2.45) is 39.7 Å². The number of hydrogen-bond donors (Lipinski definition) is 2. The lowest BCUT2D eigenvalue weighted by atomic mass is 9.46. The molecule has 40 heavy (non-hydrogen) atoms. The predicted molar refractivity (Wildman–Crippen MR) is 154 cm³/mol. The van der Waals surface area contributed by atoms with Gasteiger partial charge in [-0.3, -0.25) is 14.4 Å². The first-order valence-electron chi connectivity index (χ1n) is 15.1. The lowest BCUT2D eigenvalue weighted by Gasteiger charge is -2.58. The molecular weight excluding hydrogens is 504 g/mol. The van der Waals surface area contributed by atoms with Gasteiger partial charge >= 0.3 is 5.97 Å². The van der Waals surface area contributed by atoms with Crippen LogP contribution in [0.5, 0.6) is 0 Å². The highest BCUT2D eigenvalue weighted by Crippen LogP contribution is 2.66. The Kier molecular flexibility index (Phi) is 8.21. The molecule has 0 heterocycles. The van der Waals surface area contributed by atoms with Gasteiger partial charge in [-0.1, -0.05) is 54.9 Å². The molecule has 7 atom stereocenters. The van der Waals surface area contributed by atoms with E-state index < -0.39 is 5.97 Å². The Bertz CT molecular complexity index is 1190. The third-order valence-electron chi connectivity index (χ3n) is 11.1. The zero-order chi connectivity index (χ0) is 28.5. The topological polar surface area (TPSA) is 105 Å². The van der Waals surface area contributed by atoms with Crippen LogP contribution in [0.4, 0.5) is 0 Å². The molecule has 0 spiro atoms. The van der Waals surface area contributed by atoms with Crippen molar-refractivity contribution in [2.75, 3.05) is 13.2 Å². The van der Waals surface area contributed by atoms with Gasteiger partial charge in [-0.15, -0.1) is 0 Å². The van der Waals surface area contributed by atoms with Crippen LogP contribution < -0.4 is 5.32 Å². The monoisotopic (exact) mass is 548 g/mol. The Morgan fingerprint density at radius 2 is 1.82 bits per heavy atom. The maximum Gasteiger partial charge on any atom is 0.304 e. The lowest BCUT2D eigenvalue weighted by Crippen LogP contribution is -2.51. The van der Waals surface area contributed by atoms with Crippen LogP contribution in [-0.2, 0) is 19.2 Å². The summed E-state index contributed by atoms with van der Waals surface area (Å²) in [5.74, 6) is 1.13. The molecule has 4 aliphatic carbocycles. The Labute approximate surface area is 237 Å². The van der Waals surface area contributed by atoms with E-state index in [4.69, 9.17) is 4.84 Å². The number of amides is 1. The van der Waals surface area contributed by atoms with Crippen LogP contribution in [0.3, 0.4) is 0 Å². The first-order chi connectivity index (χ1) is 19.1. The van der Waals surface area contributed by atoms with Gasteiger partial charge in [0.15, 0.2) is 6.61 Å². The molecule has 1 aromatic carbocycles. The van der Waals surface area contributed by atoms with E-state index in [1.807, 2.05) is 30.3 Å². The minimum atomic E-state index is -0.900. The van der Waals surface area contributed by atoms with Crippen LogP contribution in [0.25, 0.3) is 0 Å². The van der Waals surface area contributed by atoms with E-state index in [1.54, 1.807) is 6.92 Å². The largest absolute Gasteiger partial charge is 0.481 e. The quantitative estimate of drug-likeness (QED) is 0.374. The summed E-state index contributed by atoms with van der Waals surface area (Å²) in [5.41, 5.74) is 3.59. The lowest BCUT2D eigenvalue weighted by molar-refractivity contribution is -0.137. The second-order valence-corrected chi connectivity index (χ2v) is 13.2. The van der Waals surface area contributed by atoms with E-state index in [2.05, 4.69) is 30.4 Å². The average Bonchev–Trinajstić information content (AvgIpc) is 3.29. The minimum absolute atomic E-state index is 0.0566. The number of hydrogen-bond acceptors (Lipinski definition) is 5. The second kappa shape index (κ2) is 11.5. The average molecular weight is 549 g/mol. The van der Waals surface area contributed by atoms with Crippen molar-refractivity contribution < 1.29 is 24.3 Å². The van der Waals surface area contributed by atoms with Gasteiger partial charge < -0.3 is 15.3 Å². The van der Waals surface area contributed by atoms with E-state index in [9.17, 15) is 19.5 Å². The van der Waals surface area contributed by atoms with Crippen molar-refractivity contribution in [2.45, 2.75) is 84.5 Å². The Morgan fingerprint density at radius 3 is 2.55 bits per heavy atom. The smallest absolute Gasteiger partial charge is 0.304 e. The van der Waals surface area contributed by atoms with E-state index >= 15 is 0 Å². The fourth-order valence-electron chi connectivity index (χ4n) is 9.02. The zero-order valence-corrected chi connectivity index (χ0v) is 24.2. The summed E-state index contributed by atoms with van der Waals surface area (Å²) in [5, 5.41) is 16.4. The normalized spacial score (nSPS) is 34.6. The highest BCUT2D eigenvalue weighted by molar-refractivity contribution is 5.96. The first kappa shape index (κ1) is 28.6. The molecule has 0 aromatic heterocycles. The number of oxime groups is 1. The maximum atomic E-state index is 12.4. The van der Waals surface area contributed by atoms with Crippen LogP contribution >= 0.6 is 0 Å². The van der Waals surface area contributed by atoms with E-state index in [-0.39, 0.29) is 48.1 Å². The summed E-state index contributed by atoms with van der Waals surface area (Å²) >= 11 is 0. The highest BCUT2D eigenvalue weighted by atomic mass is 16.6. The molecule has 0 bridgehead atoms. The zero-order valence-electron chi connectivity index (χ0n) is 24.2. The van der Waals surface area contributed by atoms with Crippen LogP contribution in [-0.4, -0.2) is 41.6 Å². The van der Waals surface area contributed by atoms with Crippen LogP contribution in [0.2, 0.25) is 0 Å². The molecule has 1 amide bonds. The number of carbonyl (C=O) groups excluding carboxylic acids is 2. The molecule has 5 rings (SSSR count). The standard InChI is InChI=1S/C33H44N2O5/c1-21(36)27-11-12-28-26-10-9-24-18-25(13-15-32(24,2)29(26)14-16-33(27,28)3)35-40-20-30(37)34-19-23(17-31(38)39)22-7-5-4-6-8-22/h4-8,18,23,26-29H,9-17,19-20H2,1-3H3,(H,34,37)(H,38,39)/b35-25-/t23-,26-,27-,28+,29-,32-,33+/m0/s1. The number of carboxylic acids is 1. The van der Waals surface area contributed by atoms with Gasteiger partial charge in [0, 0.05) is 18.4 Å². The Balaban J connectivity index is 1.17. The van der Waals surface area contributed by atoms with Crippen LogP contribution in [0.15, 0.2) is 47.1 Å². The maximum absolute atomic E-state index is 12.4. The number of rotatable bonds is 9. The van der Waals surface area contributed by atoms with Crippen molar-refractivity contribution in [3.63, 3.8) is 0 Å². The van der Waals surface area contributed by atoms with Gasteiger partial charge in [-0.2, -0.15) is 0 Å². The molecule has 1 aromatic rings. The van der Waals surface area contributed by atoms with E-state index in [0.29, 0.717) is 23.5 Å². The molecule has 0 saturated heterocycles. The summed E-state index contributed by atoms with van der Waals surface area (Å²) < 4.78 is 0. The molecule has 2 N–H and O–H groups in total. The third kappa shape index (κ3) is 5.48. The molecule has 216 valence electrons. The summed E-state index contributed by atoms with van der Waals surface area (Å²) in [4.78, 5) is 41.6. The highest BCUT2D eigenvalue weighted by Gasteiger charge is 2.59. The number of benzene rings is 1. The number of fused-ring (bicyclic) bond motifs is 5. The van der Waals surface area contributed by atoms with Gasteiger partial charge in [0.25, 0.3) is 5.91 Å². The number of aliphatic carboxylic acids is 1. The third-order valence-corrected chi connectivity index (χ3v) is 11.1. The van der Waals surface area contributed by atoms with Crippen molar-refractivity contribution in [3.05, 3.63) is 47.5 Å². The fraction of sp³-hybridized carbons (Fsp3) is 0.636.